The lowest BCUT2D eigenvalue weighted by Gasteiger charge is -2.40. The zero-order valence-electron chi connectivity index (χ0n) is 17.1. The number of benzene rings is 3. The summed E-state index contributed by atoms with van der Waals surface area (Å²) in [4.78, 5) is 13.2. The van der Waals surface area contributed by atoms with Crippen LogP contribution in [0, 0.1) is 5.82 Å². The summed E-state index contributed by atoms with van der Waals surface area (Å²) in [6.45, 7) is 0. The van der Waals surface area contributed by atoms with E-state index in [9.17, 15) is 17.6 Å². The first-order valence-electron chi connectivity index (χ1n) is 10.0. The molecule has 0 heterocycles. The van der Waals surface area contributed by atoms with Crippen LogP contribution in [0.5, 0.6) is 0 Å². The first-order chi connectivity index (χ1) is 14.8. The maximum atomic E-state index is 13.7. The van der Waals surface area contributed by atoms with Gasteiger partial charge in [0.15, 0.2) is 0 Å². The number of sulfonamides is 1. The van der Waals surface area contributed by atoms with Crippen LogP contribution in [0.4, 0.5) is 15.8 Å². The molecule has 1 amide bonds. The molecular formula is C24H23FN2O3S. The van der Waals surface area contributed by atoms with Crippen LogP contribution in [0.15, 0.2) is 83.8 Å². The van der Waals surface area contributed by atoms with Gasteiger partial charge in [-0.3, -0.25) is 9.10 Å². The molecule has 0 unspecified atom stereocenters. The molecule has 0 spiro atoms. The van der Waals surface area contributed by atoms with Gasteiger partial charge in [0.1, 0.15) is 5.82 Å². The highest BCUT2D eigenvalue weighted by atomic mass is 32.2. The first-order valence-corrected chi connectivity index (χ1v) is 11.5. The van der Waals surface area contributed by atoms with Crippen LogP contribution in [0.25, 0.3) is 0 Å². The first kappa shape index (κ1) is 21.1. The minimum Gasteiger partial charge on any atom is -0.325 e. The van der Waals surface area contributed by atoms with Crippen molar-refractivity contribution in [1.29, 1.82) is 0 Å². The zero-order valence-corrected chi connectivity index (χ0v) is 17.9. The van der Waals surface area contributed by atoms with Gasteiger partial charge in [0.05, 0.1) is 16.0 Å². The fourth-order valence-corrected chi connectivity index (χ4v) is 5.13. The zero-order chi connectivity index (χ0) is 22.1. The number of nitrogens with zero attached hydrogens (tertiary/aromatic N) is 1. The highest BCUT2D eigenvalue weighted by molar-refractivity contribution is 7.92. The molecule has 0 radical (unpaired) electrons. The van der Waals surface area contributed by atoms with Crippen molar-refractivity contribution in [2.45, 2.75) is 29.6 Å². The van der Waals surface area contributed by atoms with Gasteiger partial charge < -0.3 is 5.32 Å². The molecule has 0 saturated heterocycles. The van der Waals surface area contributed by atoms with Crippen LogP contribution in [-0.4, -0.2) is 21.4 Å². The Morgan fingerprint density at radius 1 is 0.968 bits per heavy atom. The molecule has 1 fully saturated rings. The normalized spacial score (nSPS) is 15.0. The van der Waals surface area contributed by atoms with Crippen molar-refractivity contribution < 1.29 is 17.6 Å². The fourth-order valence-electron chi connectivity index (χ4n) is 3.88. The number of nitrogens with one attached hydrogen (secondary N) is 1. The smallest absolute Gasteiger partial charge is 0.264 e. The lowest BCUT2D eigenvalue weighted by Crippen LogP contribution is -2.46. The van der Waals surface area contributed by atoms with E-state index in [1.54, 1.807) is 48.5 Å². The fraction of sp³-hybridized carbons (Fsp3) is 0.208. The number of carbonyl (C=O) groups excluding carboxylic acids is 1. The van der Waals surface area contributed by atoms with Crippen molar-refractivity contribution in [3.05, 3.63) is 90.2 Å². The van der Waals surface area contributed by atoms with Crippen molar-refractivity contribution in [3.8, 4) is 0 Å². The second-order valence-corrected chi connectivity index (χ2v) is 9.71. The third-order valence-corrected chi connectivity index (χ3v) is 7.67. The third-order valence-electron chi connectivity index (χ3n) is 5.89. The summed E-state index contributed by atoms with van der Waals surface area (Å²) < 4.78 is 41.1. The number of hydrogen-bond donors (Lipinski definition) is 1. The Kier molecular flexibility index (Phi) is 5.54. The van der Waals surface area contributed by atoms with E-state index in [1.165, 1.54) is 35.6 Å². The maximum Gasteiger partial charge on any atom is 0.264 e. The quantitative estimate of drug-likeness (QED) is 0.606. The van der Waals surface area contributed by atoms with E-state index in [-0.39, 0.29) is 16.6 Å². The van der Waals surface area contributed by atoms with E-state index in [0.717, 1.165) is 6.42 Å². The molecule has 1 N–H and O–H groups in total. The summed E-state index contributed by atoms with van der Waals surface area (Å²) in [5.74, 6) is -0.635. The van der Waals surface area contributed by atoms with E-state index in [0.29, 0.717) is 29.8 Å². The molecule has 5 nitrogen and oxygen atoms in total. The predicted octanol–water partition coefficient (Wildman–Crippen LogP) is 4.71. The van der Waals surface area contributed by atoms with Crippen LogP contribution in [0.1, 0.15) is 24.8 Å². The Bertz CT molecular complexity index is 1210. The topological polar surface area (TPSA) is 66.5 Å². The summed E-state index contributed by atoms with van der Waals surface area (Å²) in [6.07, 6.45) is 2.12. The molecule has 0 aromatic heterocycles. The standard InChI is InChI=1S/C24H23FN2O3S/c1-27(21-11-3-2-4-12-21)31(29,30)22-13-6-10-20(17-22)26-23(28)24(14-7-15-24)18-8-5-9-19(25)16-18/h2-6,8-13,16-17H,7,14-15H2,1H3,(H,26,28). The number of halogens is 1. The molecule has 4 rings (SSSR count). The minimum absolute atomic E-state index is 0.0741. The average molecular weight is 439 g/mol. The van der Waals surface area contributed by atoms with Crippen molar-refractivity contribution in [2.24, 2.45) is 0 Å². The molecule has 1 saturated carbocycles. The number of para-hydroxylation sites is 1. The molecular weight excluding hydrogens is 415 g/mol. The van der Waals surface area contributed by atoms with E-state index >= 15 is 0 Å². The van der Waals surface area contributed by atoms with Crippen LogP contribution in [-0.2, 0) is 20.2 Å². The second-order valence-electron chi connectivity index (χ2n) is 7.74. The number of carbonyl (C=O) groups is 1. The summed E-state index contributed by atoms with van der Waals surface area (Å²) in [5, 5.41) is 2.85. The van der Waals surface area contributed by atoms with E-state index in [4.69, 9.17) is 0 Å². The Hall–Kier alpha value is -3.19. The lowest BCUT2D eigenvalue weighted by atomic mass is 9.63. The number of anilines is 2. The molecule has 3 aromatic carbocycles. The van der Waals surface area contributed by atoms with Gasteiger partial charge in [-0.1, -0.05) is 42.8 Å². The van der Waals surface area contributed by atoms with Crippen LogP contribution in [0.2, 0.25) is 0 Å². The number of hydrogen-bond acceptors (Lipinski definition) is 3. The monoisotopic (exact) mass is 438 g/mol. The highest BCUT2D eigenvalue weighted by Gasteiger charge is 2.45. The van der Waals surface area contributed by atoms with Gasteiger partial charge >= 0.3 is 0 Å². The minimum atomic E-state index is -3.80. The van der Waals surface area contributed by atoms with E-state index < -0.39 is 15.4 Å². The number of amides is 1. The molecule has 7 heteroatoms. The SMILES string of the molecule is CN(c1ccccc1)S(=O)(=O)c1cccc(NC(=O)C2(c3cccc(F)c3)CCC2)c1. The highest BCUT2D eigenvalue weighted by Crippen LogP contribution is 2.44. The van der Waals surface area contributed by atoms with Crippen molar-refractivity contribution in [3.63, 3.8) is 0 Å². The summed E-state index contributed by atoms with van der Waals surface area (Å²) >= 11 is 0. The Morgan fingerprint density at radius 3 is 2.32 bits per heavy atom. The van der Waals surface area contributed by atoms with Crippen molar-refractivity contribution in [1.82, 2.24) is 0 Å². The summed E-state index contributed by atoms with van der Waals surface area (Å²) in [6, 6.07) is 21.1. The van der Waals surface area contributed by atoms with Gasteiger partial charge in [-0.05, 0) is 60.9 Å². The van der Waals surface area contributed by atoms with Gasteiger partial charge in [-0.2, -0.15) is 0 Å². The molecule has 1 aliphatic rings. The Balaban J connectivity index is 1.59. The Labute approximate surface area is 181 Å². The van der Waals surface area contributed by atoms with Crippen LogP contribution < -0.4 is 9.62 Å². The molecule has 0 aliphatic heterocycles. The molecule has 0 bridgehead atoms. The maximum absolute atomic E-state index is 13.7. The Morgan fingerprint density at radius 2 is 1.68 bits per heavy atom. The van der Waals surface area contributed by atoms with Crippen molar-refractivity contribution in [2.75, 3.05) is 16.7 Å². The summed E-state index contributed by atoms with van der Waals surface area (Å²) in [7, 11) is -2.31. The molecule has 160 valence electrons. The predicted molar refractivity (Wildman–Crippen MR) is 119 cm³/mol. The third kappa shape index (κ3) is 3.93. The van der Waals surface area contributed by atoms with Gasteiger partial charge in [-0.25, -0.2) is 12.8 Å². The van der Waals surface area contributed by atoms with Crippen LogP contribution >= 0.6 is 0 Å². The molecule has 31 heavy (non-hydrogen) atoms. The van der Waals surface area contributed by atoms with Gasteiger partial charge in [-0.15, -0.1) is 0 Å². The largest absolute Gasteiger partial charge is 0.325 e. The van der Waals surface area contributed by atoms with Crippen molar-refractivity contribution >= 4 is 27.3 Å². The summed E-state index contributed by atoms with van der Waals surface area (Å²) in [5.41, 5.74) is 0.771. The van der Waals surface area contributed by atoms with Gasteiger partial charge in [0.2, 0.25) is 5.91 Å². The average Bonchev–Trinajstić information content (AvgIpc) is 2.73. The number of rotatable bonds is 6. The van der Waals surface area contributed by atoms with Crippen LogP contribution in [0.3, 0.4) is 0 Å². The molecule has 0 atom stereocenters. The molecule has 3 aromatic rings. The lowest BCUT2D eigenvalue weighted by molar-refractivity contribution is -0.124. The van der Waals surface area contributed by atoms with Gasteiger partial charge in [0.25, 0.3) is 10.0 Å². The van der Waals surface area contributed by atoms with E-state index in [1.807, 2.05) is 6.07 Å². The van der Waals surface area contributed by atoms with Gasteiger partial charge in [0, 0.05) is 12.7 Å². The van der Waals surface area contributed by atoms with E-state index in [2.05, 4.69) is 5.32 Å². The molecule has 1 aliphatic carbocycles. The second kappa shape index (κ2) is 8.15.